The van der Waals surface area contributed by atoms with Crippen molar-refractivity contribution >= 4 is 0 Å². The van der Waals surface area contributed by atoms with Gasteiger partial charge in [0, 0.05) is 0 Å². The van der Waals surface area contributed by atoms with Crippen LogP contribution in [-0.2, 0) is 0 Å². The van der Waals surface area contributed by atoms with Crippen LogP contribution in [-0.4, -0.2) is 13.2 Å². The number of ether oxygens (including phenoxy) is 2. The van der Waals surface area contributed by atoms with Crippen molar-refractivity contribution in [2.45, 2.75) is 141 Å². The average molecular weight is 645 g/mol. The maximum Gasteiger partial charge on any atom is 0.200 e. The van der Waals surface area contributed by atoms with E-state index in [1.165, 1.54) is 38.5 Å². The highest BCUT2D eigenvalue weighted by atomic mass is 19.2. The summed E-state index contributed by atoms with van der Waals surface area (Å²) in [5, 5.41) is 0. The number of halogens is 4. The second-order valence-corrected chi connectivity index (χ2v) is 14.7. The predicted molar refractivity (Wildman–Crippen MR) is 178 cm³/mol. The molecule has 0 heterocycles. The zero-order chi connectivity index (χ0) is 32.5. The predicted octanol–water partition coefficient (Wildman–Crippen LogP) is 12.4. The second-order valence-electron chi connectivity index (χ2n) is 14.7. The van der Waals surface area contributed by atoms with E-state index in [4.69, 9.17) is 9.47 Å². The molecule has 3 fully saturated rings. The van der Waals surface area contributed by atoms with Crippen molar-refractivity contribution in [3.63, 3.8) is 0 Å². The highest BCUT2D eigenvalue weighted by Crippen LogP contribution is 2.46. The van der Waals surface area contributed by atoms with Crippen LogP contribution in [0.3, 0.4) is 0 Å². The highest BCUT2D eigenvalue weighted by Gasteiger charge is 2.33. The lowest BCUT2D eigenvalue weighted by atomic mass is 9.67. The molecule has 46 heavy (non-hydrogen) atoms. The topological polar surface area (TPSA) is 18.5 Å². The van der Waals surface area contributed by atoms with Gasteiger partial charge in [0.05, 0.1) is 13.2 Å². The molecular formula is C40H56F4O2. The van der Waals surface area contributed by atoms with E-state index in [1.807, 2.05) is 13.8 Å². The number of hydrogen-bond acceptors (Lipinski definition) is 2. The van der Waals surface area contributed by atoms with Gasteiger partial charge >= 0.3 is 0 Å². The van der Waals surface area contributed by atoms with Crippen molar-refractivity contribution < 1.29 is 27.0 Å². The van der Waals surface area contributed by atoms with E-state index >= 15 is 0 Å². The van der Waals surface area contributed by atoms with E-state index in [9.17, 15) is 17.6 Å². The van der Waals surface area contributed by atoms with Gasteiger partial charge in [-0.15, -0.1) is 0 Å². The lowest BCUT2D eigenvalue weighted by molar-refractivity contribution is 0.150. The summed E-state index contributed by atoms with van der Waals surface area (Å²) in [6.45, 7) is 4.92. The molecule has 2 aromatic rings. The SMILES string of the molecule is CCCCOc1ccc(C2CCC(CCC3CCC(C4CCC(c5ccc(OCCCC)c(F)c5F)CC4)CC3)CC2)c(F)c1F. The normalized spacial score (nSPS) is 27.0. The summed E-state index contributed by atoms with van der Waals surface area (Å²) in [6, 6.07) is 6.73. The minimum absolute atomic E-state index is 0.0346. The van der Waals surface area contributed by atoms with Gasteiger partial charge in [0.15, 0.2) is 23.1 Å². The third kappa shape index (κ3) is 8.81. The number of hydrogen-bond donors (Lipinski definition) is 0. The number of rotatable bonds is 14. The first-order valence-electron chi connectivity index (χ1n) is 18.6. The third-order valence-electron chi connectivity index (χ3n) is 11.7. The zero-order valence-corrected chi connectivity index (χ0v) is 28.2. The van der Waals surface area contributed by atoms with Crippen molar-refractivity contribution in [2.75, 3.05) is 13.2 Å². The van der Waals surface area contributed by atoms with Crippen LogP contribution in [0.5, 0.6) is 11.5 Å². The molecule has 3 aliphatic carbocycles. The average Bonchev–Trinajstić information content (AvgIpc) is 3.09. The Kier molecular flexibility index (Phi) is 13.1. The summed E-state index contributed by atoms with van der Waals surface area (Å²) in [4.78, 5) is 0. The molecule has 3 aliphatic rings. The number of unbranched alkanes of at least 4 members (excludes halogenated alkanes) is 2. The molecule has 5 rings (SSSR count). The minimum Gasteiger partial charge on any atom is -0.490 e. The van der Waals surface area contributed by atoms with Crippen LogP contribution in [0.15, 0.2) is 24.3 Å². The van der Waals surface area contributed by atoms with Crippen molar-refractivity contribution in [1.82, 2.24) is 0 Å². The fraction of sp³-hybridized carbons (Fsp3) is 0.700. The molecule has 2 aromatic carbocycles. The molecule has 256 valence electrons. The molecular weight excluding hydrogens is 588 g/mol. The summed E-state index contributed by atoms with van der Waals surface area (Å²) in [5.41, 5.74) is 1.05. The fourth-order valence-electron chi connectivity index (χ4n) is 8.68. The van der Waals surface area contributed by atoms with E-state index in [0.29, 0.717) is 36.2 Å². The highest BCUT2D eigenvalue weighted by molar-refractivity contribution is 5.34. The van der Waals surface area contributed by atoms with Gasteiger partial charge in [-0.25, -0.2) is 8.78 Å². The molecule has 0 atom stereocenters. The Morgan fingerprint density at radius 3 is 1.28 bits per heavy atom. The Balaban J connectivity index is 0.999. The van der Waals surface area contributed by atoms with Crippen LogP contribution in [0, 0.1) is 46.9 Å². The number of benzene rings is 2. The molecule has 6 heteroatoms. The maximum absolute atomic E-state index is 15.0. The molecule has 0 unspecified atom stereocenters. The molecule has 0 radical (unpaired) electrons. The summed E-state index contributed by atoms with van der Waals surface area (Å²) in [6.07, 6.45) is 19.4. The van der Waals surface area contributed by atoms with Crippen molar-refractivity contribution in [1.29, 1.82) is 0 Å². The monoisotopic (exact) mass is 644 g/mol. The third-order valence-corrected chi connectivity index (χ3v) is 11.7. The molecule has 0 bridgehead atoms. The molecule has 0 N–H and O–H groups in total. The van der Waals surface area contributed by atoms with E-state index < -0.39 is 23.3 Å². The summed E-state index contributed by atoms with van der Waals surface area (Å²) >= 11 is 0. The van der Waals surface area contributed by atoms with Gasteiger partial charge in [0.1, 0.15) is 0 Å². The minimum atomic E-state index is -0.831. The second kappa shape index (κ2) is 17.2. The molecule has 0 spiro atoms. The van der Waals surface area contributed by atoms with Crippen LogP contribution < -0.4 is 9.47 Å². The van der Waals surface area contributed by atoms with Gasteiger partial charge in [-0.3, -0.25) is 0 Å². The van der Waals surface area contributed by atoms with Gasteiger partial charge in [0.2, 0.25) is 11.6 Å². The van der Waals surface area contributed by atoms with Crippen LogP contribution in [0.4, 0.5) is 17.6 Å². The van der Waals surface area contributed by atoms with Crippen LogP contribution in [0.2, 0.25) is 0 Å². The molecule has 0 aromatic heterocycles. The van der Waals surface area contributed by atoms with Crippen LogP contribution in [0.25, 0.3) is 0 Å². The lowest BCUT2D eigenvalue weighted by Gasteiger charge is -2.38. The summed E-state index contributed by atoms with van der Waals surface area (Å²) in [5.74, 6) is 0.139. The van der Waals surface area contributed by atoms with E-state index in [-0.39, 0.29) is 23.3 Å². The molecule has 0 saturated heterocycles. The zero-order valence-electron chi connectivity index (χ0n) is 28.2. The van der Waals surface area contributed by atoms with Gasteiger partial charge in [-0.1, -0.05) is 64.5 Å². The molecule has 0 aliphatic heterocycles. The largest absolute Gasteiger partial charge is 0.490 e. The Hall–Kier alpha value is -2.24. The first-order chi connectivity index (χ1) is 22.4. The van der Waals surface area contributed by atoms with Gasteiger partial charge in [-0.2, -0.15) is 8.78 Å². The van der Waals surface area contributed by atoms with Crippen LogP contribution >= 0.6 is 0 Å². The Labute approximate surface area is 275 Å². The van der Waals surface area contributed by atoms with E-state index in [2.05, 4.69) is 0 Å². The van der Waals surface area contributed by atoms with E-state index in [0.717, 1.165) is 88.9 Å². The van der Waals surface area contributed by atoms with Crippen molar-refractivity contribution in [3.8, 4) is 11.5 Å². The van der Waals surface area contributed by atoms with Gasteiger partial charge < -0.3 is 9.47 Å². The maximum atomic E-state index is 15.0. The molecule has 0 amide bonds. The summed E-state index contributed by atoms with van der Waals surface area (Å²) in [7, 11) is 0. The van der Waals surface area contributed by atoms with Crippen molar-refractivity contribution in [2.24, 2.45) is 23.7 Å². The smallest absolute Gasteiger partial charge is 0.200 e. The summed E-state index contributed by atoms with van der Waals surface area (Å²) < 4.78 is 70.1. The quantitative estimate of drug-likeness (QED) is 0.150. The van der Waals surface area contributed by atoms with Crippen molar-refractivity contribution in [3.05, 3.63) is 58.7 Å². The van der Waals surface area contributed by atoms with E-state index in [1.54, 1.807) is 24.3 Å². The molecule has 3 saturated carbocycles. The van der Waals surface area contributed by atoms with Gasteiger partial charge in [-0.05, 0) is 136 Å². The standard InChI is InChI=1S/C40H56F4O2/c1-3-5-25-45-35-23-21-33(37(41)39(35)43)31-15-11-28(12-16-31)8-7-27-9-13-29(14-10-27)30-17-19-32(20-18-30)34-22-24-36(40(44)38(34)42)46-26-6-4-2/h21-24,27-32H,3-20,25-26H2,1-2H3. The Morgan fingerprint density at radius 1 is 0.500 bits per heavy atom. The first kappa shape index (κ1) is 35.1. The fourth-order valence-corrected chi connectivity index (χ4v) is 8.68. The lowest BCUT2D eigenvalue weighted by Crippen LogP contribution is -2.26. The van der Waals surface area contributed by atoms with Crippen LogP contribution in [0.1, 0.15) is 152 Å². The first-order valence-corrected chi connectivity index (χ1v) is 18.6. The Morgan fingerprint density at radius 2 is 0.870 bits per heavy atom. The van der Waals surface area contributed by atoms with Gasteiger partial charge in [0.25, 0.3) is 0 Å². The Bertz CT molecular complexity index is 1220. The molecule has 2 nitrogen and oxygen atoms in total.